The van der Waals surface area contributed by atoms with Gasteiger partial charge in [-0.3, -0.25) is 9.59 Å². The second kappa shape index (κ2) is 10.0. The average Bonchev–Trinajstić information content (AvgIpc) is 2.54. The molecule has 0 heterocycles. The van der Waals surface area contributed by atoms with Crippen LogP contribution in [-0.4, -0.2) is 29.8 Å². The number of carbonyl (C=O) groups is 2. The highest BCUT2D eigenvalue weighted by Gasteiger charge is 2.16. The number of unbranched alkanes of at least 4 members (excludes halogenated alkanes) is 2. The maximum Gasteiger partial charge on any atom is 0.253 e. The smallest absolute Gasteiger partial charge is 0.253 e. The van der Waals surface area contributed by atoms with Crippen molar-refractivity contribution in [2.24, 2.45) is 5.92 Å². The molecule has 23 heavy (non-hydrogen) atoms. The van der Waals surface area contributed by atoms with Crippen molar-refractivity contribution in [3.63, 3.8) is 0 Å². The Hall–Kier alpha value is -1.84. The molecule has 0 bridgehead atoms. The van der Waals surface area contributed by atoms with Gasteiger partial charge < -0.3 is 10.2 Å². The SMILES string of the molecule is CCCCN(CCCC)C(=O)c1cccc(NC(=O)C(C)C)c1. The fourth-order valence-electron chi connectivity index (χ4n) is 2.21. The first-order valence-corrected chi connectivity index (χ1v) is 8.69. The summed E-state index contributed by atoms with van der Waals surface area (Å²) in [7, 11) is 0. The van der Waals surface area contributed by atoms with Gasteiger partial charge in [-0.25, -0.2) is 0 Å². The van der Waals surface area contributed by atoms with Crippen molar-refractivity contribution < 1.29 is 9.59 Å². The van der Waals surface area contributed by atoms with Gasteiger partial charge in [-0.1, -0.05) is 46.6 Å². The molecule has 0 spiro atoms. The number of hydrogen-bond donors (Lipinski definition) is 1. The molecule has 4 nitrogen and oxygen atoms in total. The fourth-order valence-corrected chi connectivity index (χ4v) is 2.21. The quantitative estimate of drug-likeness (QED) is 0.737. The molecule has 1 rings (SSSR count). The summed E-state index contributed by atoms with van der Waals surface area (Å²) >= 11 is 0. The van der Waals surface area contributed by atoms with Gasteiger partial charge >= 0.3 is 0 Å². The molecule has 0 atom stereocenters. The zero-order valence-corrected chi connectivity index (χ0v) is 14.9. The summed E-state index contributed by atoms with van der Waals surface area (Å²) < 4.78 is 0. The second-order valence-corrected chi connectivity index (χ2v) is 6.22. The normalized spacial score (nSPS) is 10.7. The third-order valence-corrected chi connectivity index (χ3v) is 3.75. The van der Waals surface area contributed by atoms with E-state index in [2.05, 4.69) is 19.2 Å². The predicted molar refractivity (Wildman–Crippen MR) is 95.6 cm³/mol. The molecule has 2 amide bonds. The van der Waals surface area contributed by atoms with Crippen LogP contribution >= 0.6 is 0 Å². The van der Waals surface area contributed by atoms with Gasteiger partial charge in [0.05, 0.1) is 0 Å². The molecule has 0 aliphatic carbocycles. The molecular formula is C19H30N2O2. The van der Waals surface area contributed by atoms with Crippen molar-refractivity contribution in [2.75, 3.05) is 18.4 Å². The first-order valence-electron chi connectivity index (χ1n) is 8.69. The summed E-state index contributed by atoms with van der Waals surface area (Å²) in [5.74, 6) is -0.0732. The van der Waals surface area contributed by atoms with Crippen molar-refractivity contribution in [3.8, 4) is 0 Å². The van der Waals surface area contributed by atoms with E-state index in [0.29, 0.717) is 11.3 Å². The van der Waals surface area contributed by atoms with Crippen molar-refractivity contribution in [1.82, 2.24) is 4.90 Å². The Morgan fingerprint density at radius 2 is 1.70 bits per heavy atom. The van der Waals surface area contributed by atoms with Crippen LogP contribution in [0.2, 0.25) is 0 Å². The van der Waals surface area contributed by atoms with E-state index in [0.717, 1.165) is 38.8 Å². The molecule has 128 valence electrons. The minimum absolute atomic E-state index is 0.0385. The number of hydrogen-bond acceptors (Lipinski definition) is 2. The highest BCUT2D eigenvalue weighted by Crippen LogP contribution is 2.15. The topological polar surface area (TPSA) is 49.4 Å². The Morgan fingerprint density at radius 1 is 1.09 bits per heavy atom. The molecule has 0 saturated carbocycles. The Kier molecular flexibility index (Phi) is 8.38. The Labute approximate surface area is 140 Å². The molecule has 0 radical (unpaired) electrons. The largest absolute Gasteiger partial charge is 0.339 e. The summed E-state index contributed by atoms with van der Waals surface area (Å²) in [4.78, 5) is 26.5. The van der Waals surface area contributed by atoms with Crippen LogP contribution in [0.1, 0.15) is 63.7 Å². The summed E-state index contributed by atoms with van der Waals surface area (Å²) in [6.07, 6.45) is 4.17. The number of benzene rings is 1. The number of rotatable bonds is 9. The van der Waals surface area contributed by atoms with Crippen LogP contribution in [0.4, 0.5) is 5.69 Å². The molecular weight excluding hydrogens is 288 g/mol. The molecule has 0 fully saturated rings. The second-order valence-electron chi connectivity index (χ2n) is 6.22. The van der Waals surface area contributed by atoms with Gasteiger partial charge in [0, 0.05) is 30.3 Å². The van der Waals surface area contributed by atoms with Crippen LogP contribution in [0.25, 0.3) is 0 Å². The molecule has 0 unspecified atom stereocenters. The summed E-state index contributed by atoms with van der Waals surface area (Å²) in [5, 5.41) is 2.85. The van der Waals surface area contributed by atoms with E-state index in [4.69, 9.17) is 0 Å². The maximum atomic E-state index is 12.7. The number of carbonyl (C=O) groups excluding carboxylic acids is 2. The number of amides is 2. The molecule has 1 aromatic carbocycles. The molecule has 0 aromatic heterocycles. The Morgan fingerprint density at radius 3 is 2.22 bits per heavy atom. The first-order chi connectivity index (χ1) is 11.0. The lowest BCUT2D eigenvalue weighted by molar-refractivity contribution is -0.118. The molecule has 0 saturated heterocycles. The lowest BCUT2D eigenvalue weighted by atomic mass is 10.1. The predicted octanol–water partition coefficient (Wildman–Crippen LogP) is 4.32. The van der Waals surface area contributed by atoms with Crippen molar-refractivity contribution >= 4 is 17.5 Å². The van der Waals surface area contributed by atoms with E-state index in [9.17, 15) is 9.59 Å². The van der Waals surface area contributed by atoms with E-state index in [1.807, 2.05) is 36.9 Å². The van der Waals surface area contributed by atoms with Crippen LogP contribution in [0, 0.1) is 5.92 Å². The van der Waals surface area contributed by atoms with Crippen LogP contribution in [0.3, 0.4) is 0 Å². The third-order valence-electron chi connectivity index (χ3n) is 3.75. The lowest BCUT2D eigenvalue weighted by Crippen LogP contribution is -2.33. The minimum atomic E-state index is -0.0834. The maximum absolute atomic E-state index is 12.7. The van der Waals surface area contributed by atoms with Gasteiger partial charge in [0.25, 0.3) is 5.91 Å². The lowest BCUT2D eigenvalue weighted by Gasteiger charge is -2.23. The van der Waals surface area contributed by atoms with Crippen molar-refractivity contribution in [1.29, 1.82) is 0 Å². The van der Waals surface area contributed by atoms with Gasteiger partial charge in [0.15, 0.2) is 0 Å². The highest BCUT2D eigenvalue weighted by atomic mass is 16.2. The summed E-state index contributed by atoms with van der Waals surface area (Å²) in [6.45, 7) is 9.54. The van der Waals surface area contributed by atoms with E-state index in [-0.39, 0.29) is 17.7 Å². The van der Waals surface area contributed by atoms with Gasteiger partial charge in [-0.05, 0) is 31.0 Å². The van der Waals surface area contributed by atoms with E-state index in [1.165, 1.54) is 0 Å². The van der Waals surface area contributed by atoms with Gasteiger partial charge in [-0.2, -0.15) is 0 Å². The third kappa shape index (κ3) is 6.43. The fraction of sp³-hybridized carbons (Fsp3) is 0.579. The molecule has 0 aliphatic heterocycles. The zero-order valence-electron chi connectivity index (χ0n) is 14.9. The first kappa shape index (κ1) is 19.2. The summed E-state index contributed by atoms with van der Waals surface area (Å²) in [6, 6.07) is 7.23. The monoisotopic (exact) mass is 318 g/mol. The van der Waals surface area contributed by atoms with Gasteiger partial charge in [0.1, 0.15) is 0 Å². The zero-order chi connectivity index (χ0) is 17.2. The average molecular weight is 318 g/mol. The van der Waals surface area contributed by atoms with E-state index in [1.54, 1.807) is 6.07 Å². The minimum Gasteiger partial charge on any atom is -0.339 e. The number of nitrogens with zero attached hydrogens (tertiary/aromatic N) is 1. The number of anilines is 1. The van der Waals surface area contributed by atoms with Gasteiger partial charge in [-0.15, -0.1) is 0 Å². The standard InChI is InChI=1S/C19H30N2O2/c1-5-7-12-21(13-8-6-2)19(23)16-10-9-11-17(14-16)20-18(22)15(3)4/h9-11,14-15H,5-8,12-13H2,1-4H3,(H,20,22). The van der Waals surface area contributed by atoms with Crippen LogP contribution in [-0.2, 0) is 4.79 Å². The van der Waals surface area contributed by atoms with Crippen molar-refractivity contribution in [3.05, 3.63) is 29.8 Å². The molecule has 0 aliphatic rings. The van der Waals surface area contributed by atoms with Crippen molar-refractivity contribution in [2.45, 2.75) is 53.4 Å². The van der Waals surface area contributed by atoms with E-state index < -0.39 is 0 Å². The summed E-state index contributed by atoms with van der Waals surface area (Å²) in [5.41, 5.74) is 1.32. The molecule has 1 N–H and O–H groups in total. The Balaban J connectivity index is 2.85. The van der Waals surface area contributed by atoms with Crippen LogP contribution in [0.5, 0.6) is 0 Å². The van der Waals surface area contributed by atoms with Gasteiger partial charge in [0.2, 0.25) is 5.91 Å². The van der Waals surface area contributed by atoms with Crippen LogP contribution < -0.4 is 5.32 Å². The Bertz CT molecular complexity index is 504. The van der Waals surface area contributed by atoms with Crippen LogP contribution in [0.15, 0.2) is 24.3 Å². The molecule has 1 aromatic rings. The molecule has 4 heteroatoms. The number of nitrogens with one attached hydrogen (secondary N) is 1. The highest BCUT2D eigenvalue weighted by molar-refractivity contribution is 5.97. The van der Waals surface area contributed by atoms with E-state index >= 15 is 0 Å².